The van der Waals surface area contributed by atoms with Crippen LogP contribution in [-0.4, -0.2) is 84.6 Å². The maximum Gasteiger partial charge on any atom is 0.308 e. The second kappa shape index (κ2) is 13.5. The molecule has 0 spiro atoms. The van der Waals surface area contributed by atoms with E-state index in [9.17, 15) is 19.8 Å². The van der Waals surface area contributed by atoms with Crippen LogP contribution in [0.2, 0.25) is 0 Å². The summed E-state index contributed by atoms with van der Waals surface area (Å²) in [6.07, 6.45) is 5.13. The van der Waals surface area contributed by atoms with E-state index in [4.69, 9.17) is 14.2 Å². The Morgan fingerprint density at radius 3 is 2.54 bits per heavy atom. The zero-order valence-electron chi connectivity index (χ0n) is 24.4. The second-order valence-corrected chi connectivity index (χ2v) is 11.7. The summed E-state index contributed by atoms with van der Waals surface area (Å²) < 4.78 is 16.7. The van der Waals surface area contributed by atoms with Crippen LogP contribution in [0.1, 0.15) is 71.8 Å². The summed E-state index contributed by atoms with van der Waals surface area (Å²) >= 11 is 0. The number of aliphatic carboxylic acids is 1. The summed E-state index contributed by atoms with van der Waals surface area (Å²) in [5, 5.41) is 19.9. The van der Waals surface area contributed by atoms with E-state index in [0.29, 0.717) is 49.7 Å². The molecule has 218 valence electrons. The lowest BCUT2D eigenvalue weighted by molar-refractivity contribution is -0.144. The van der Waals surface area contributed by atoms with Crippen LogP contribution in [0.3, 0.4) is 0 Å². The minimum Gasteiger partial charge on any atom is -0.493 e. The van der Waals surface area contributed by atoms with E-state index in [0.717, 1.165) is 18.4 Å². The van der Waals surface area contributed by atoms with Crippen LogP contribution < -0.4 is 14.2 Å². The number of carbonyl (C=O) groups is 2. The molecule has 0 aromatic heterocycles. The molecule has 2 aliphatic rings. The maximum atomic E-state index is 13.6. The number of likely N-dealkylation sites (tertiary alicyclic amines) is 1. The Hall–Kier alpha value is -2.78. The van der Waals surface area contributed by atoms with Crippen LogP contribution in [0.15, 0.2) is 23.8 Å². The monoisotopic (exact) mass is 546 g/mol. The Morgan fingerprint density at radius 2 is 1.92 bits per heavy atom. The highest BCUT2D eigenvalue weighted by Crippen LogP contribution is 2.48. The number of carboxylic acids is 1. The van der Waals surface area contributed by atoms with Crippen molar-refractivity contribution in [2.75, 3.05) is 46.7 Å². The number of ether oxygens (including phenoxy) is 3. The quantitative estimate of drug-likeness (QED) is 0.333. The van der Waals surface area contributed by atoms with Gasteiger partial charge in [-0.1, -0.05) is 38.8 Å². The number of carbonyl (C=O) groups excluding carboxylic acids is 1. The summed E-state index contributed by atoms with van der Waals surface area (Å²) in [5.41, 5.74) is 1.70. The van der Waals surface area contributed by atoms with E-state index < -0.39 is 11.9 Å². The molecular formula is C30H46N2O7. The molecule has 2 N–H and O–H groups in total. The lowest BCUT2D eigenvalue weighted by Gasteiger charge is -2.34. The molecule has 39 heavy (non-hydrogen) atoms. The van der Waals surface area contributed by atoms with E-state index in [2.05, 4.69) is 31.7 Å². The zero-order valence-corrected chi connectivity index (χ0v) is 24.4. The molecule has 1 fully saturated rings. The van der Waals surface area contributed by atoms with Gasteiger partial charge in [0, 0.05) is 38.2 Å². The standard InChI is InChI=1S/C30H46N2O7/c1-7-8-10-31(11-9-12-33)26(34)18-32-17-22(21-13-24(37-6)28-25(14-21)38-19-39-28)27(29(35)36)23(32)16-30(4,5)15-20(2)3/h13-15,22-23,27,33H,7-12,16-19H2,1-6H3,(H,35,36)/t22-,23+,27-/m1/s1. The number of unbranched alkanes of at least 4 members (excludes halogenated alkanes) is 1. The van der Waals surface area contributed by atoms with Gasteiger partial charge in [0.1, 0.15) is 0 Å². The van der Waals surface area contributed by atoms with Gasteiger partial charge in [0.15, 0.2) is 11.5 Å². The molecule has 9 nitrogen and oxygen atoms in total. The number of benzene rings is 1. The summed E-state index contributed by atoms with van der Waals surface area (Å²) in [6.45, 7) is 12.2. The summed E-state index contributed by atoms with van der Waals surface area (Å²) in [4.78, 5) is 30.3. The van der Waals surface area contributed by atoms with Gasteiger partial charge < -0.3 is 29.3 Å². The molecule has 0 unspecified atom stereocenters. The Kier molecular flexibility index (Phi) is 10.7. The van der Waals surface area contributed by atoms with Gasteiger partial charge in [0.2, 0.25) is 18.4 Å². The predicted molar refractivity (Wildman–Crippen MR) is 149 cm³/mol. The van der Waals surface area contributed by atoms with Gasteiger partial charge in [-0.3, -0.25) is 14.5 Å². The van der Waals surface area contributed by atoms with Crippen molar-refractivity contribution in [2.24, 2.45) is 11.3 Å². The molecule has 3 atom stereocenters. The molecule has 3 rings (SSSR count). The van der Waals surface area contributed by atoms with E-state index in [1.807, 2.05) is 30.9 Å². The fourth-order valence-corrected chi connectivity index (χ4v) is 6.07. The first-order valence-electron chi connectivity index (χ1n) is 14.0. The van der Waals surface area contributed by atoms with Crippen molar-refractivity contribution >= 4 is 11.9 Å². The SMILES string of the molecule is CCCCN(CCCO)C(=O)CN1C[C@H](c2cc(OC)c3c(c2)OCO3)[C@@H](C(=O)O)[C@@H]1CC(C)(C)C=C(C)C. The molecular weight excluding hydrogens is 500 g/mol. The predicted octanol–water partition coefficient (Wildman–Crippen LogP) is 4.29. The number of aliphatic hydroxyl groups is 1. The minimum absolute atomic E-state index is 0.0221. The first-order valence-corrected chi connectivity index (χ1v) is 14.0. The van der Waals surface area contributed by atoms with E-state index >= 15 is 0 Å². The smallest absolute Gasteiger partial charge is 0.308 e. The number of fused-ring (bicyclic) bond motifs is 1. The molecule has 2 heterocycles. The third kappa shape index (κ3) is 7.66. The third-order valence-corrected chi connectivity index (χ3v) is 7.62. The molecule has 0 aliphatic carbocycles. The molecule has 0 saturated carbocycles. The van der Waals surface area contributed by atoms with Crippen molar-refractivity contribution < 1.29 is 34.0 Å². The van der Waals surface area contributed by atoms with Gasteiger partial charge in [-0.2, -0.15) is 0 Å². The molecule has 0 radical (unpaired) electrons. The Labute approximate surface area is 232 Å². The molecule has 1 aromatic rings. The van der Waals surface area contributed by atoms with Gasteiger partial charge in [-0.15, -0.1) is 0 Å². The average Bonchev–Trinajstić information content (AvgIpc) is 3.47. The zero-order chi connectivity index (χ0) is 28.7. The average molecular weight is 547 g/mol. The molecule has 1 aromatic carbocycles. The Balaban J connectivity index is 1.99. The Morgan fingerprint density at radius 1 is 1.21 bits per heavy atom. The third-order valence-electron chi connectivity index (χ3n) is 7.62. The fraction of sp³-hybridized carbons (Fsp3) is 0.667. The second-order valence-electron chi connectivity index (χ2n) is 11.7. The van der Waals surface area contributed by atoms with Crippen LogP contribution in [0.4, 0.5) is 0 Å². The molecule has 0 bridgehead atoms. The number of aliphatic hydroxyl groups excluding tert-OH is 1. The number of hydrogen-bond donors (Lipinski definition) is 2. The number of allylic oxidation sites excluding steroid dienone is 2. The summed E-state index contributed by atoms with van der Waals surface area (Å²) in [5.74, 6) is -0.437. The molecule has 9 heteroatoms. The number of methoxy groups -OCH3 is 1. The summed E-state index contributed by atoms with van der Waals surface area (Å²) in [7, 11) is 1.55. The lowest BCUT2D eigenvalue weighted by Crippen LogP contribution is -2.46. The van der Waals surface area contributed by atoms with Crippen molar-refractivity contribution in [3.05, 3.63) is 29.3 Å². The van der Waals surface area contributed by atoms with Crippen molar-refractivity contribution in [3.63, 3.8) is 0 Å². The van der Waals surface area contributed by atoms with Crippen LogP contribution in [-0.2, 0) is 9.59 Å². The normalized spacial score (nSPS) is 20.6. The number of carboxylic acid groups (broad SMARTS) is 1. The fourth-order valence-electron chi connectivity index (χ4n) is 6.07. The highest BCUT2D eigenvalue weighted by molar-refractivity contribution is 5.79. The van der Waals surface area contributed by atoms with Crippen molar-refractivity contribution in [1.29, 1.82) is 0 Å². The molecule has 2 aliphatic heterocycles. The topological polar surface area (TPSA) is 109 Å². The maximum absolute atomic E-state index is 13.6. The van der Waals surface area contributed by atoms with Crippen LogP contribution in [0.5, 0.6) is 17.2 Å². The van der Waals surface area contributed by atoms with Gasteiger partial charge >= 0.3 is 5.97 Å². The van der Waals surface area contributed by atoms with Crippen molar-refractivity contribution in [1.82, 2.24) is 9.80 Å². The molecule has 1 saturated heterocycles. The van der Waals surface area contributed by atoms with E-state index in [-0.39, 0.29) is 43.2 Å². The minimum atomic E-state index is -0.882. The number of nitrogens with zero attached hydrogens (tertiary/aromatic N) is 2. The summed E-state index contributed by atoms with van der Waals surface area (Å²) in [6, 6.07) is 3.33. The highest BCUT2D eigenvalue weighted by atomic mass is 16.7. The molecule has 1 amide bonds. The first kappa shape index (κ1) is 30.8. The Bertz CT molecular complexity index is 1030. The van der Waals surface area contributed by atoms with Gasteiger partial charge in [0.25, 0.3) is 0 Å². The van der Waals surface area contributed by atoms with E-state index in [1.165, 1.54) is 5.57 Å². The van der Waals surface area contributed by atoms with Crippen LogP contribution >= 0.6 is 0 Å². The van der Waals surface area contributed by atoms with Crippen molar-refractivity contribution in [2.45, 2.75) is 72.3 Å². The van der Waals surface area contributed by atoms with Crippen LogP contribution in [0, 0.1) is 11.3 Å². The number of hydrogen-bond acceptors (Lipinski definition) is 7. The number of rotatable bonds is 14. The van der Waals surface area contributed by atoms with Gasteiger partial charge in [-0.25, -0.2) is 0 Å². The van der Waals surface area contributed by atoms with Gasteiger partial charge in [-0.05, 0) is 56.2 Å². The van der Waals surface area contributed by atoms with E-state index in [1.54, 1.807) is 7.11 Å². The number of amides is 1. The first-order chi connectivity index (χ1) is 18.5. The van der Waals surface area contributed by atoms with Crippen LogP contribution in [0.25, 0.3) is 0 Å². The lowest BCUT2D eigenvalue weighted by atomic mass is 9.77. The van der Waals surface area contributed by atoms with Gasteiger partial charge in [0.05, 0.1) is 19.6 Å². The van der Waals surface area contributed by atoms with Crippen molar-refractivity contribution in [3.8, 4) is 17.2 Å². The largest absolute Gasteiger partial charge is 0.493 e. The highest BCUT2D eigenvalue weighted by Gasteiger charge is 2.49.